The fraction of sp³-hybridized carbons (Fsp3) is 0.120. The number of nitrogens with one attached hydrogen (secondary N) is 1. The average Bonchev–Trinajstić information content (AvgIpc) is 3.27. The number of benzene rings is 2. The molecule has 1 atom stereocenters. The van der Waals surface area contributed by atoms with Crippen LogP contribution < -0.4 is 11.1 Å². The third-order valence-corrected chi connectivity index (χ3v) is 6.13. The smallest absolute Gasteiger partial charge is 0.130 e. The first-order chi connectivity index (χ1) is 15.5. The van der Waals surface area contributed by atoms with Crippen LogP contribution in [0.15, 0.2) is 72.4 Å². The van der Waals surface area contributed by atoms with Gasteiger partial charge in [-0.1, -0.05) is 24.3 Å². The summed E-state index contributed by atoms with van der Waals surface area (Å²) in [5, 5.41) is 3.53. The molecule has 158 valence electrons. The second-order valence-corrected chi connectivity index (χ2v) is 8.57. The maximum atomic E-state index is 5.72. The van der Waals surface area contributed by atoms with Crippen molar-refractivity contribution in [3.05, 3.63) is 83.8 Å². The second kappa shape index (κ2) is 8.36. The molecule has 3 N–H and O–H groups in total. The number of fused-ring (bicyclic) bond motifs is 1. The van der Waals surface area contributed by atoms with E-state index in [4.69, 9.17) is 5.73 Å². The highest BCUT2D eigenvalue weighted by molar-refractivity contribution is 7.16. The molecule has 6 nitrogen and oxygen atoms in total. The Kier molecular flexibility index (Phi) is 5.25. The molecule has 1 unspecified atom stereocenters. The highest BCUT2D eigenvalue weighted by Crippen LogP contribution is 2.28. The number of nitrogens with zero attached hydrogens (tertiary/aromatic N) is 4. The first-order valence-electron chi connectivity index (χ1n) is 10.3. The minimum absolute atomic E-state index is 0.0582. The van der Waals surface area contributed by atoms with Crippen LogP contribution in [0.4, 0.5) is 11.6 Å². The molecular formula is C25H22N6S. The molecule has 5 aromatic rings. The van der Waals surface area contributed by atoms with E-state index in [2.05, 4.69) is 68.6 Å². The Labute approximate surface area is 190 Å². The van der Waals surface area contributed by atoms with E-state index in [1.807, 2.05) is 36.7 Å². The number of aryl methyl sites for hydroxylation is 1. The molecule has 0 bridgehead atoms. The summed E-state index contributed by atoms with van der Waals surface area (Å²) in [6, 6.07) is 20.5. The van der Waals surface area contributed by atoms with Crippen LogP contribution in [0.25, 0.3) is 32.6 Å². The van der Waals surface area contributed by atoms with E-state index in [9.17, 15) is 0 Å². The Morgan fingerprint density at radius 1 is 0.906 bits per heavy atom. The zero-order valence-electron chi connectivity index (χ0n) is 17.8. The van der Waals surface area contributed by atoms with Gasteiger partial charge in [0.1, 0.15) is 17.5 Å². The van der Waals surface area contributed by atoms with E-state index in [-0.39, 0.29) is 6.04 Å². The molecular weight excluding hydrogens is 416 g/mol. The van der Waals surface area contributed by atoms with Crippen molar-refractivity contribution in [1.82, 2.24) is 19.9 Å². The summed E-state index contributed by atoms with van der Waals surface area (Å²) in [4.78, 5) is 17.8. The summed E-state index contributed by atoms with van der Waals surface area (Å²) in [7, 11) is 0. The molecule has 0 saturated carbocycles. The number of thiazole rings is 1. The minimum atomic E-state index is 0.0582. The molecule has 3 aromatic heterocycles. The van der Waals surface area contributed by atoms with Crippen molar-refractivity contribution < 1.29 is 0 Å². The fourth-order valence-electron chi connectivity index (χ4n) is 3.67. The fourth-order valence-corrected chi connectivity index (χ4v) is 4.39. The lowest BCUT2D eigenvalue weighted by molar-refractivity contribution is 0.868. The zero-order valence-corrected chi connectivity index (χ0v) is 18.6. The molecule has 0 aliphatic heterocycles. The molecule has 0 saturated heterocycles. The molecule has 0 aliphatic rings. The number of pyridine rings is 1. The van der Waals surface area contributed by atoms with E-state index >= 15 is 0 Å². The standard InChI is InChI=1S/C25H22N6S/c1-15(17-4-3-5-18(10-17)20-7-9-24(26)27-13-20)29-25-12-22(30-16(2)31-25)19-6-8-21-23(11-19)32-14-28-21/h3-15H,1-2H3,(H2,26,27)(H,29,30,31). The quantitative estimate of drug-likeness (QED) is 0.356. The van der Waals surface area contributed by atoms with E-state index in [0.717, 1.165) is 49.8 Å². The van der Waals surface area contributed by atoms with Gasteiger partial charge in [0.25, 0.3) is 0 Å². The van der Waals surface area contributed by atoms with Crippen molar-refractivity contribution in [3.8, 4) is 22.4 Å². The number of aromatic nitrogens is 4. The summed E-state index contributed by atoms with van der Waals surface area (Å²) >= 11 is 1.63. The van der Waals surface area contributed by atoms with Crippen LogP contribution in [0.1, 0.15) is 24.4 Å². The minimum Gasteiger partial charge on any atom is -0.384 e. The Morgan fingerprint density at radius 3 is 2.62 bits per heavy atom. The van der Waals surface area contributed by atoms with Crippen molar-refractivity contribution >= 4 is 33.2 Å². The van der Waals surface area contributed by atoms with Gasteiger partial charge >= 0.3 is 0 Å². The largest absolute Gasteiger partial charge is 0.384 e. The highest BCUT2D eigenvalue weighted by Gasteiger charge is 2.11. The van der Waals surface area contributed by atoms with E-state index in [1.54, 1.807) is 17.5 Å². The van der Waals surface area contributed by atoms with Gasteiger partial charge in [0.15, 0.2) is 0 Å². The SMILES string of the molecule is Cc1nc(NC(C)c2cccc(-c3ccc(N)nc3)c2)cc(-c2ccc3ncsc3c2)n1. The van der Waals surface area contributed by atoms with Crippen LogP contribution in [0.3, 0.4) is 0 Å². The van der Waals surface area contributed by atoms with Gasteiger partial charge in [-0.3, -0.25) is 0 Å². The summed E-state index contributed by atoms with van der Waals surface area (Å²) in [6.45, 7) is 4.04. The van der Waals surface area contributed by atoms with Crippen LogP contribution in [0, 0.1) is 6.92 Å². The van der Waals surface area contributed by atoms with Crippen LogP contribution in [0.2, 0.25) is 0 Å². The van der Waals surface area contributed by atoms with E-state index < -0.39 is 0 Å². The van der Waals surface area contributed by atoms with Gasteiger partial charge in [0.05, 0.1) is 21.4 Å². The molecule has 0 aliphatic carbocycles. The first-order valence-corrected chi connectivity index (χ1v) is 11.2. The van der Waals surface area contributed by atoms with Crippen LogP contribution >= 0.6 is 11.3 Å². The number of nitrogen functional groups attached to an aromatic ring is 1. The summed E-state index contributed by atoms with van der Waals surface area (Å²) in [6.07, 6.45) is 1.80. The normalized spacial score (nSPS) is 12.1. The van der Waals surface area contributed by atoms with Gasteiger partial charge in [-0.15, -0.1) is 11.3 Å². The predicted molar refractivity (Wildman–Crippen MR) is 132 cm³/mol. The Bertz CT molecular complexity index is 1390. The number of rotatable bonds is 5. The molecule has 0 fully saturated rings. The number of anilines is 2. The van der Waals surface area contributed by atoms with E-state index in [1.165, 1.54) is 0 Å². The van der Waals surface area contributed by atoms with Gasteiger partial charge in [-0.25, -0.2) is 19.9 Å². The Hall–Kier alpha value is -3.84. The molecule has 7 heteroatoms. The topological polar surface area (TPSA) is 89.6 Å². The molecule has 0 amide bonds. The van der Waals surface area contributed by atoms with Crippen LogP contribution in [0.5, 0.6) is 0 Å². The number of hydrogen-bond acceptors (Lipinski definition) is 7. The summed E-state index contributed by atoms with van der Waals surface area (Å²) in [5.41, 5.74) is 13.8. The maximum absolute atomic E-state index is 5.72. The Balaban J connectivity index is 1.41. The van der Waals surface area contributed by atoms with Gasteiger partial charge in [0, 0.05) is 29.4 Å². The molecule has 0 spiro atoms. The summed E-state index contributed by atoms with van der Waals surface area (Å²) in [5.74, 6) is 2.04. The molecule has 3 heterocycles. The van der Waals surface area contributed by atoms with Crippen LogP contribution in [-0.4, -0.2) is 19.9 Å². The van der Waals surface area contributed by atoms with Crippen molar-refractivity contribution in [2.75, 3.05) is 11.1 Å². The third-order valence-electron chi connectivity index (χ3n) is 5.34. The monoisotopic (exact) mass is 438 g/mol. The lowest BCUT2D eigenvalue weighted by Gasteiger charge is -2.17. The number of nitrogens with two attached hydrogens (primary N) is 1. The van der Waals surface area contributed by atoms with Gasteiger partial charge in [-0.2, -0.15) is 0 Å². The van der Waals surface area contributed by atoms with Gasteiger partial charge < -0.3 is 11.1 Å². The first kappa shape index (κ1) is 20.1. The van der Waals surface area contributed by atoms with Crippen LogP contribution in [-0.2, 0) is 0 Å². The average molecular weight is 439 g/mol. The van der Waals surface area contributed by atoms with Crippen molar-refractivity contribution in [2.45, 2.75) is 19.9 Å². The van der Waals surface area contributed by atoms with Gasteiger partial charge in [0.2, 0.25) is 0 Å². The van der Waals surface area contributed by atoms with Gasteiger partial charge in [-0.05, 0) is 55.3 Å². The lowest BCUT2D eigenvalue weighted by atomic mass is 10.0. The van der Waals surface area contributed by atoms with Crippen molar-refractivity contribution in [3.63, 3.8) is 0 Å². The van der Waals surface area contributed by atoms with Crippen molar-refractivity contribution in [2.24, 2.45) is 0 Å². The van der Waals surface area contributed by atoms with E-state index in [0.29, 0.717) is 5.82 Å². The zero-order chi connectivity index (χ0) is 22.1. The molecule has 5 rings (SSSR count). The predicted octanol–water partition coefficient (Wildman–Crippen LogP) is 5.88. The highest BCUT2D eigenvalue weighted by atomic mass is 32.1. The second-order valence-electron chi connectivity index (χ2n) is 7.68. The van der Waals surface area contributed by atoms with Crippen molar-refractivity contribution in [1.29, 1.82) is 0 Å². The number of hydrogen-bond donors (Lipinski definition) is 2. The third kappa shape index (κ3) is 4.15. The Morgan fingerprint density at radius 2 is 1.78 bits per heavy atom. The lowest BCUT2D eigenvalue weighted by Crippen LogP contribution is -2.09. The molecule has 2 aromatic carbocycles. The maximum Gasteiger partial charge on any atom is 0.130 e. The summed E-state index contributed by atoms with van der Waals surface area (Å²) < 4.78 is 1.15. The molecule has 32 heavy (non-hydrogen) atoms. The molecule has 0 radical (unpaired) electrons.